The number of hydrogen-bond donors (Lipinski definition) is 1. The molecule has 0 heterocycles. The Morgan fingerprint density at radius 3 is 2.85 bits per heavy atom. The van der Waals surface area contributed by atoms with Crippen LogP contribution in [-0.2, 0) is 0 Å². The number of aliphatic hydroxyl groups excluding tert-OH is 1. The fraction of sp³-hybridized carbons (Fsp3) is 0.400. The van der Waals surface area contributed by atoms with E-state index in [-0.39, 0.29) is 0 Å². The van der Waals surface area contributed by atoms with Crippen molar-refractivity contribution in [1.82, 2.24) is 0 Å². The molecule has 1 N–H and O–H groups in total. The van der Waals surface area contributed by atoms with Gasteiger partial charge in [-0.25, -0.2) is 0 Å². The first-order chi connectivity index (χ1) is 6.22. The highest BCUT2D eigenvalue weighted by molar-refractivity contribution is 9.10. The number of hydrogen-bond acceptors (Lipinski definition) is 1. The molecule has 1 aromatic carbocycles. The van der Waals surface area contributed by atoms with Gasteiger partial charge in [0.15, 0.2) is 0 Å². The van der Waals surface area contributed by atoms with Crippen molar-refractivity contribution in [2.75, 3.05) is 6.61 Å². The number of halogens is 2. The monoisotopic (exact) mass is 260 g/mol. The van der Waals surface area contributed by atoms with Crippen molar-refractivity contribution in [3.05, 3.63) is 33.3 Å². The van der Waals surface area contributed by atoms with Crippen LogP contribution in [0.2, 0.25) is 5.02 Å². The number of rotatable bonds is 2. The summed E-state index contributed by atoms with van der Waals surface area (Å²) < 4.78 is 0.930. The summed E-state index contributed by atoms with van der Waals surface area (Å²) in [5, 5.41) is 9.67. The predicted molar refractivity (Wildman–Crippen MR) is 57.1 cm³/mol. The van der Waals surface area contributed by atoms with Crippen molar-refractivity contribution in [2.24, 2.45) is 5.92 Å². The third-order valence-corrected chi connectivity index (χ3v) is 3.76. The Balaban J connectivity index is 2.19. The second-order valence-corrected chi connectivity index (χ2v) is 4.72. The second kappa shape index (κ2) is 3.60. The quantitative estimate of drug-likeness (QED) is 0.867. The molecule has 3 heteroatoms. The molecule has 0 aliphatic heterocycles. The number of aliphatic hydroxyl groups is 1. The first-order valence-corrected chi connectivity index (χ1v) is 5.45. The molecule has 2 unspecified atom stereocenters. The van der Waals surface area contributed by atoms with Gasteiger partial charge in [0.2, 0.25) is 0 Å². The van der Waals surface area contributed by atoms with E-state index in [0.717, 1.165) is 15.9 Å². The minimum Gasteiger partial charge on any atom is -0.396 e. The Hall–Kier alpha value is -0.0500. The molecule has 2 atom stereocenters. The Morgan fingerprint density at radius 1 is 1.54 bits per heavy atom. The van der Waals surface area contributed by atoms with Gasteiger partial charge in [0, 0.05) is 11.1 Å². The first kappa shape index (κ1) is 9.50. The van der Waals surface area contributed by atoms with Crippen LogP contribution in [0.1, 0.15) is 17.9 Å². The fourth-order valence-electron chi connectivity index (χ4n) is 1.60. The van der Waals surface area contributed by atoms with E-state index in [1.807, 2.05) is 12.1 Å². The Morgan fingerprint density at radius 2 is 2.31 bits per heavy atom. The molecule has 1 saturated carbocycles. The van der Waals surface area contributed by atoms with Crippen LogP contribution in [0.5, 0.6) is 0 Å². The van der Waals surface area contributed by atoms with Gasteiger partial charge in [0.1, 0.15) is 0 Å². The van der Waals surface area contributed by atoms with Crippen molar-refractivity contribution in [3.63, 3.8) is 0 Å². The van der Waals surface area contributed by atoms with E-state index in [0.29, 0.717) is 18.4 Å². The molecule has 0 radical (unpaired) electrons. The second-order valence-electron chi connectivity index (χ2n) is 3.46. The molecule has 70 valence electrons. The van der Waals surface area contributed by atoms with E-state index in [9.17, 15) is 0 Å². The molecular formula is C10H10BrClO. The third kappa shape index (κ3) is 1.90. The fourth-order valence-corrected chi connectivity index (χ4v) is 2.04. The minimum absolute atomic E-state index is 0.290. The topological polar surface area (TPSA) is 20.2 Å². The molecule has 0 saturated heterocycles. The van der Waals surface area contributed by atoms with Gasteiger partial charge in [-0.3, -0.25) is 0 Å². The van der Waals surface area contributed by atoms with Gasteiger partial charge in [-0.15, -0.1) is 0 Å². The molecule has 1 aliphatic rings. The zero-order valence-corrected chi connectivity index (χ0v) is 9.35. The van der Waals surface area contributed by atoms with E-state index in [4.69, 9.17) is 16.7 Å². The largest absolute Gasteiger partial charge is 0.396 e. The third-order valence-electron chi connectivity index (χ3n) is 2.53. The lowest BCUT2D eigenvalue weighted by Crippen LogP contribution is -1.88. The molecule has 0 amide bonds. The lowest BCUT2D eigenvalue weighted by molar-refractivity contribution is 0.274. The molecular weight excluding hydrogens is 251 g/mol. The summed E-state index contributed by atoms with van der Waals surface area (Å²) in [6.45, 7) is 0.290. The highest BCUT2D eigenvalue weighted by Crippen LogP contribution is 2.47. The lowest BCUT2D eigenvalue weighted by atomic mass is 10.1. The minimum atomic E-state index is 0.290. The molecule has 2 rings (SSSR count). The van der Waals surface area contributed by atoms with Gasteiger partial charge in [-0.05, 0) is 51.9 Å². The Labute approximate surface area is 90.9 Å². The average molecular weight is 262 g/mol. The SMILES string of the molecule is OCC1CC1c1ccc(Br)c(Cl)c1. The van der Waals surface area contributed by atoms with Crippen LogP contribution in [0.4, 0.5) is 0 Å². The first-order valence-electron chi connectivity index (χ1n) is 4.28. The van der Waals surface area contributed by atoms with Crippen LogP contribution in [0, 0.1) is 5.92 Å². The van der Waals surface area contributed by atoms with Crippen molar-refractivity contribution < 1.29 is 5.11 Å². The van der Waals surface area contributed by atoms with Gasteiger partial charge in [0.05, 0.1) is 5.02 Å². The van der Waals surface area contributed by atoms with E-state index in [2.05, 4.69) is 22.0 Å². The highest BCUT2D eigenvalue weighted by atomic mass is 79.9. The van der Waals surface area contributed by atoms with Gasteiger partial charge >= 0.3 is 0 Å². The Kier molecular flexibility index (Phi) is 2.63. The zero-order valence-electron chi connectivity index (χ0n) is 7.00. The van der Waals surface area contributed by atoms with E-state index < -0.39 is 0 Å². The summed E-state index contributed by atoms with van der Waals surface area (Å²) >= 11 is 9.32. The molecule has 1 fully saturated rings. The molecule has 1 aliphatic carbocycles. The van der Waals surface area contributed by atoms with Crippen LogP contribution >= 0.6 is 27.5 Å². The maximum atomic E-state index is 8.92. The van der Waals surface area contributed by atoms with E-state index >= 15 is 0 Å². The van der Waals surface area contributed by atoms with Gasteiger partial charge in [0.25, 0.3) is 0 Å². The summed E-state index contributed by atoms with van der Waals surface area (Å²) in [5.74, 6) is 0.979. The molecule has 0 bridgehead atoms. The van der Waals surface area contributed by atoms with Crippen molar-refractivity contribution in [2.45, 2.75) is 12.3 Å². The van der Waals surface area contributed by atoms with Gasteiger partial charge in [-0.2, -0.15) is 0 Å². The van der Waals surface area contributed by atoms with Crippen LogP contribution in [0.3, 0.4) is 0 Å². The van der Waals surface area contributed by atoms with Crippen LogP contribution in [-0.4, -0.2) is 11.7 Å². The highest BCUT2D eigenvalue weighted by Gasteiger charge is 2.37. The molecule has 1 nitrogen and oxygen atoms in total. The van der Waals surface area contributed by atoms with Crippen LogP contribution in [0.15, 0.2) is 22.7 Å². The molecule has 0 aromatic heterocycles. The maximum Gasteiger partial charge on any atom is 0.0550 e. The van der Waals surface area contributed by atoms with Crippen molar-refractivity contribution in [1.29, 1.82) is 0 Å². The summed E-state index contributed by atoms with van der Waals surface area (Å²) in [4.78, 5) is 0. The summed E-state index contributed by atoms with van der Waals surface area (Å²) in [6, 6.07) is 6.01. The normalized spacial score (nSPS) is 26.1. The summed E-state index contributed by atoms with van der Waals surface area (Å²) in [7, 11) is 0. The lowest BCUT2D eigenvalue weighted by Gasteiger charge is -2.01. The van der Waals surface area contributed by atoms with Crippen molar-refractivity contribution in [3.8, 4) is 0 Å². The van der Waals surface area contributed by atoms with E-state index in [1.165, 1.54) is 5.56 Å². The zero-order chi connectivity index (χ0) is 9.42. The molecule has 0 spiro atoms. The molecule has 13 heavy (non-hydrogen) atoms. The Bertz CT molecular complexity index is 327. The number of benzene rings is 1. The standard InChI is InChI=1S/C10H10BrClO/c11-9-2-1-6(4-10(9)12)8-3-7(8)5-13/h1-2,4,7-8,13H,3,5H2. The van der Waals surface area contributed by atoms with Gasteiger partial charge in [-0.1, -0.05) is 17.7 Å². The summed E-state index contributed by atoms with van der Waals surface area (Å²) in [5.41, 5.74) is 1.24. The van der Waals surface area contributed by atoms with Crippen LogP contribution in [0.25, 0.3) is 0 Å². The maximum absolute atomic E-state index is 8.92. The summed E-state index contributed by atoms with van der Waals surface area (Å²) in [6.07, 6.45) is 1.09. The average Bonchev–Trinajstić information content (AvgIpc) is 2.88. The van der Waals surface area contributed by atoms with Crippen LogP contribution < -0.4 is 0 Å². The van der Waals surface area contributed by atoms with Crippen molar-refractivity contribution >= 4 is 27.5 Å². The predicted octanol–water partition coefficient (Wildman–Crippen LogP) is 3.20. The van der Waals surface area contributed by atoms with E-state index in [1.54, 1.807) is 0 Å². The smallest absolute Gasteiger partial charge is 0.0550 e. The molecule has 1 aromatic rings. The van der Waals surface area contributed by atoms with Gasteiger partial charge < -0.3 is 5.11 Å².